The molecule has 75 heavy (non-hydrogen) atoms. The standard InChI is InChI=1S/C63H100O12/c1-4-7-10-13-16-19-22-25-26-27-28-29-30-33-34-37-40-43-46-49-55(64)71-52-54(73-56(65)50-47-44-41-38-35-31-23-20-17-14-11-8-5-2)53-72-63-61(59(68)58(67)60(75-63)62(69)70)74-57(66)51-48-45-42-39-36-32-24-21-18-15-12-9-6-3/h7,9-10,12,16,18-19,21,25-26,28-29,32-34,36,42,45,54,58-61,63,67-68H,4-6,8,11,13-15,17,20,22-24,27,30-31,35,37-41,43-44,46-53H2,1-3H3,(H,69,70)/b10-7-,12-9-,19-16-,21-18-,26-25-,29-28-,34-33-,36-32-,45-42-. The van der Waals surface area contributed by atoms with Gasteiger partial charge in [-0.25, -0.2) is 4.79 Å². The van der Waals surface area contributed by atoms with Crippen molar-refractivity contribution >= 4 is 23.9 Å². The van der Waals surface area contributed by atoms with E-state index in [0.29, 0.717) is 25.7 Å². The second-order valence-electron chi connectivity index (χ2n) is 19.2. The molecule has 1 rings (SSSR count). The highest BCUT2D eigenvalue weighted by Crippen LogP contribution is 2.26. The zero-order valence-corrected chi connectivity index (χ0v) is 46.5. The van der Waals surface area contributed by atoms with Crippen LogP contribution >= 0.6 is 0 Å². The summed E-state index contributed by atoms with van der Waals surface area (Å²) in [4.78, 5) is 51.0. The number of hydrogen-bond donors (Lipinski definition) is 3. The summed E-state index contributed by atoms with van der Waals surface area (Å²) in [6.45, 7) is 5.68. The van der Waals surface area contributed by atoms with Crippen molar-refractivity contribution in [1.82, 2.24) is 0 Å². The van der Waals surface area contributed by atoms with Crippen molar-refractivity contribution in [3.05, 3.63) is 109 Å². The highest BCUT2D eigenvalue weighted by atomic mass is 16.7. The van der Waals surface area contributed by atoms with E-state index < -0.39 is 67.3 Å². The Morgan fingerprint density at radius 3 is 1.33 bits per heavy atom. The van der Waals surface area contributed by atoms with E-state index in [1.54, 1.807) is 0 Å². The third-order valence-electron chi connectivity index (χ3n) is 12.4. The first-order chi connectivity index (χ1) is 36.6. The third kappa shape index (κ3) is 40.3. The normalized spacial score (nSPS) is 19.0. The molecule has 12 nitrogen and oxygen atoms in total. The Morgan fingerprint density at radius 1 is 0.453 bits per heavy atom. The molecule has 1 fully saturated rings. The minimum atomic E-state index is -1.93. The number of allylic oxidation sites excluding steroid dienone is 18. The van der Waals surface area contributed by atoms with Crippen LogP contribution in [0.1, 0.15) is 213 Å². The number of carboxylic acid groups (broad SMARTS) is 1. The van der Waals surface area contributed by atoms with E-state index in [9.17, 15) is 34.5 Å². The molecule has 1 aliphatic heterocycles. The second kappa shape index (κ2) is 50.2. The molecule has 1 heterocycles. The van der Waals surface area contributed by atoms with Crippen LogP contribution in [-0.2, 0) is 42.9 Å². The molecule has 1 aliphatic rings. The van der Waals surface area contributed by atoms with Gasteiger partial charge in [-0.2, -0.15) is 0 Å². The Morgan fingerprint density at radius 2 is 0.867 bits per heavy atom. The number of carboxylic acids is 1. The van der Waals surface area contributed by atoms with Crippen LogP contribution in [0.5, 0.6) is 0 Å². The van der Waals surface area contributed by atoms with E-state index >= 15 is 0 Å². The number of unbranched alkanes of at least 4 members (excludes halogenated alkanes) is 15. The summed E-state index contributed by atoms with van der Waals surface area (Å²) in [5, 5.41) is 31.4. The number of rotatable bonds is 47. The third-order valence-corrected chi connectivity index (χ3v) is 12.4. The second-order valence-corrected chi connectivity index (χ2v) is 19.2. The van der Waals surface area contributed by atoms with Crippen LogP contribution in [0.3, 0.4) is 0 Å². The zero-order chi connectivity index (χ0) is 54.7. The lowest BCUT2D eigenvalue weighted by Gasteiger charge is -2.40. The molecule has 0 saturated carbocycles. The summed E-state index contributed by atoms with van der Waals surface area (Å²) in [5.74, 6) is -3.28. The van der Waals surface area contributed by atoms with Gasteiger partial charge >= 0.3 is 23.9 Å². The number of carbonyl (C=O) groups excluding carboxylic acids is 3. The molecule has 0 amide bonds. The van der Waals surface area contributed by atoms with Gasteiger partial charge in [0.1, 0.15) is 18.8 Å². The van der Waals surface area contributed by atoms with E-state index in [1.807, 2.05) is 18.2 Å². The van der Waals surface area contributed by atoms with E-state index in [2.05, 4.69) is 112 Å². The van der Waals surface area contributed by atoms with Crippen molar-refractivity contribution in [2.24, 2.45) is 0 Å². The van der Waals surface area contributed by atoms with Crippen molar-refractivity contribution in [2.45, 2.75) is 250 Å². The molecule has 0 spiro atoms. The lowest BCUT2D eigenvalue weighted by Crippen LogP contribution is -2.61. The molecule has 0 radical (unpaired) electrons. The maximum Gasteiger partial charge on any atom is 0.335 e. The van der Waals surface area contributed by atoms with Gasteiger partial charge in [0.25, 0.3) is 0 Å². The molecule has 6 unspecified atom stereocenters. The highest BCUT2D eigenvalue weighted by Gasteiger charge is 2.50. The van der Waals surface area contributed by atoms with Gasteiger partial charge in [0.15, 0.2) is 24.6 Å². The Labute approximate surface area is 453 Å². The zero-order valence-electron chi connectivity index (χ0n) is 46.5. The van der Waals surface area contributed by atoms with Gasteiger partial charge < -0.3 is 39.0 Å². The molecule has 424 valence electrons. The first kappa shape index (κ1) is 68.4. The first-order valence-electron chi connectivity index (χ1n) is 28.9. The SMILES string of the molecule is CC/C=C\C/C=C\C/C=C\C/C=C\C/C=C\CCCCCC(=O)OCC(COC1OC(C(=O)O)C(O)C(O)C1OC(=O)CC/C=C\C/C=C\C/C=C\C/C=C\CC)OC(=O)CCCCCCCCCCCCCCC. The molecule has 0 bridgehead atoms. The fourth-order valence-electron chi connectivity index (χ4n) is 8.00. The van der Waals surface area contributed by atoms with Crippen molar-refractivity contribution in [1.29, 1.82) is 0 Å². The van der Waals surface area contributed by atoms with Crippen LogP contribution in [0.25, 0.3) is 0 Å². The monoisotopic (exact) mass is 1050 g/mol. The highest BCUT2D eigenvalue weighted by molar-refractivity contribution is 5.74. The molecule has 12 heteroatoms. The van der Waals surface area contributed by atoms with Gasteiger partial charge in [0, 0.05) is 19.3 Å². The quantitative estimate of drug-likeness (QED) is 0.0228. The minimum absolute atomic E-state index is 0.0681. The van der Waals surface area contributed by atoms with Crippen LogP contribution in [0, 0.1) is 0 Å². The fraction of sp³-hybridized carbons (Fsp3) is 0.651. The van der Waals surface area contributed by atoms with Crippen molar-refractivity contribution < 1.29 is 58.2 Å². The number of carbonyl (C=O) groups is 4. The number of ether oxygens (including phenoxy) is 5. The maximum absolute atomic E-state index is 13.1. The van der Waals surface area contributed by atoms with Crippen LogP contribution in [-0.4, -0.2) is 89.2 Å². The van der Waals surface area contributed by atoms with Gasteiger partial charge in [-0.3, -0.25) is 14.4 Å². The number of hydrogen-bond acceptors (Lipinski definition) is 11. The summed E-state index contributed by atoms with van der Waals surface area (Å²) in [6.07, 6.45) is 55.1. The molecule has 1 saturated heterocycles. The number of aliphatic hydroxyl groups is 2. The van der Waals surface area contributed by atoms with Crippen LogP contribution in [0.4, 0.5) is 0 Å². The molecular weight excluding hydrogens is 949 g/mol. The molecule has 0 aromatic carbocycles. The van der Waals surface area contributed by atoms with Crippen molar-refractivity contribution in [2.75, 3.05) is 13.2 Å². The van der Waals surface area contributed by atoms with Crippen LogP contribution < -0.4 is 0 Å². The van der Waals surface area contributed by atoms with Crippen molar-refractivity contribution in [3.8, 4) is 0 Å². The minimum Gasteiger partial charge on any atom is -0.479 e. The Kier molecular flexibility index (Phi) is 45.8. The summed E-state index contributed by atoms with van der Waals surface area (Å²) < 4.78 is 28.3. The average molecular weight is 1050 g/mol. The Hall–Kier alpha value is -4.62. The predicted molar refractivity (Wildman–Crippen MR) is 303 cm³/mol. The number of aliphatic carboxylic acids is 1. The fourth-order valence-corrected chi connectivity index (χ4v) is 8.00. The summed E-state index contributed by atoms with van der Waals surface area (Å²) in [5.41, 5.74) is 0. The van der Waals surface area contributed by atoms with E-state index in [0.717, 1.165) is 89.9 Å². The molecule has 0 aromatic heterocycles. The van der Waals surface area contributed by atoms with E-state index in [1.165, 1.54) is 57.8 Å². The lowest BCUT2D eigenvalue weighted by atomic mass is 9.98. The van der Waals surface area contributed by atoms with Crippen molar-refractivity contribution in [3.63, 3.8) is 0 Å². The summed E-state index contributed by atoms with van der Waals surface area (Å²) in [6, 6.07) is 0. The molecule has 6 atom stereocenters. The average Bonchev–Trinajstić information content (AvgIpc) is 3.39. The topological polar surface area (TPSA) is 175 Å². The van der Waals surface area contributed by atoms with E-state index in [4.69, 9.17) is 23.7 Å². The predicted octanol–water partition coefficient (Wildman–Crippen LogP) is 14.7. The molecule has 3 N–H and O–H groups in total. The summed E-state index contributed by atoms with van der Waals surface area (Å²) in [7, 11) is 0. The Bertz CT molecular complexity index is 1720. The van der Waals surface area contributed by atoms with Gasteiger partial charge in [-0.05, 0) is 89.9 Å². The molecule has 0 aliphatic carbocycles. The van der Waals surface area contributed by atoms with Gasteiger partial charge in [0.2, 0.25) is 0 Å². The lowest BCUT2D eigenvalue weighted by molar-refractivity contribution is -0.301. The summed E-state index contributed by atoms with van der Waals surface area (Å²) >= 11 is 0. The molecule has 0 aromatic rings. The largest absolute Gasteiger partial charge is 0.479 e. The smallest absolute Gasteiger partial charge is 0.335 e. The van der Waals surface area contributed by atoms with E-state index in [-0.39, 0.29) is 25.9 Å². The number of aliphatic hydroxyl groups excluding tert-OH is 2. The molecular formula is C63H100O12. The number of esters is 3. The van der Waals surface area contributed by atoms with Gasteiger partial charge in [-0.1, -0.05) is 214 Å². The maximum atomic E-state index is 13.1. The first-order valence-corrected chi connectivity index (χ1v) is 28.9. The van der Waals surface area contributed by atoms with Gasteiger partial charge in [0.05, 0.1) is 6.61 Å². The Balaban J connectivity index is 2.75. The van der Waals surface area contributed by atoms with Crippen LogP contribution in [0.2, 0.25) is 0 Å². The van der Waals surface area contributed by atoms with Gasteiger partial charge in [-0.15, -0.1) is 0 Å². The van der Waals surface area contributed by atoms with Crippen LogP contribution in [0.15, 0.2) is 109 Å².